The quantitative estimate of drug-likeness (QED) is 0.743. The van der Waals surface area contributed by atoms with Crippen molar-refractivity contribution >= 4 is 40.5 Å². The van der Waals surface area contributed by atoms with E-state index >= 15 is 0 Å². The summed E-state index contributed by atoms with van der Waals surface area (Å²) in [6, 6.07) is 1.77. The average molecular weight is 296 g/mol. The van der Waals surface area contributed by atoms with Gasteiger partial charge in [0.1, 0.15) is 12.0 Å². The molecule has 0 fully saturated rings. The van der Waals surface area contributed by atoms with Gasteiger partial charge in [-0.05, 0) is 34.5 Å². The lowest BCUT2D eigenvalue weighted by Gasteiger charge is -1.98. The number of nitrogens with zero attached hydrogens (tertiary/aromatic N) is 4. The van der Waals surface area contributed by atoms with Crippen molar-refractivity contribution in [3.63, 3.8) is 0 Å². The first-order chi connectivity index (χ1) is 6.88. The molecular formula is C9H5IN4. The molecule has 0 radical (unpaired) electrons. The van der Waals surface area contributed by atoms with E-state index < -0.39 is 0 Å². The fourth-order valence-corrected chi connectivity index (χ4v) is 1.45. The molecule has 0 atom stereocenters. The highest BCUT2D eigenvalue weighted by Crippen LogP contribution is 2.22. The summed E-state index contributed by atoms with van der Waals surface area (Å²) in [5.74, 6) is 3.33. The van der Waals surface area contributed by atoms with Crippen LogP contribution in [0.5, 0.6) is 0 Å². The molecule has 4 nitrogen and oxygen atoms in total. The topological polar surface area (TPSA) is 50.5 Å². The summed E-state index contributed by atoms with van der Waals surface area (Å²) in [6.45, 7) is 0. The third-order valence-electron chi connectivity index (χ3n) is 1.51. The van der Waals surface area contributed by atoms with E-state index in [0.29, 0.717) is 5.82 Å². The van der Waals surface area contributed by atoms with Gasteiger partial charge in [-0.15, -0.1) is 0 Å². The molecular weight excluding hydrogens is 291 g/mol. The summed E-state index contributed by atoms with van der Waals surface area (Å²) >= 11 is 2.15. The van der Waals surface area contributed by atoms with Gasteiger partial charge in [-0.1, -0.05) is 0 Å². The molecule has 2 heterocycles. The molecule has 1 aliphatic rings. The van der Waals surface area contributed by atoms with Crippen molar-refractivity contribution in [1.29, 1.82) is 0 Å². The van der Waals surface area contributed by atoms with Gasteiger partial charge in [0.25, 0.3) is 0 Å². The molecule has 2 rings (SSSR count). The minimum Gasteiger partial charge on any atom is -0.235 e. The molecule has 0 saturated carbocycles. The molecule has 0 aliphatic carbocycles. The summed E-state index contributed by atoms with van der Waals surface area (Å²) in [6.07, 6.45) is 6.56. The van der Waals surface area contributed by atoms with Crippen molar-refractivity contribution in [2.24, 2.45) is 9.98 Å². The van der Waals surface area contributed by atoms with Crippen molar-refractivity contribution in [3.05, 3.63) is 33.9 Å². The van der Waals surface area contributed by atoms with E-state index in [1.807, 2.05) is 0 Å². The van der Waals surface area contributed by atoms with Crippen LogP contribution in [0, 0.1) is 0 Å². The lowest BCUT2D eigenvalue weighted by atomic mass is 10.3. The van der Waals surface area contributed by atoms with Gasteiger partial charge < -0.3 is 0 Å². The Hall–Kier alpha value is -1.33. The zero-order chi connectivity index (χ0) is 9.80. The van der Waals surface area contributed by atoms with Crippen LogP contribution in [0.4, 0.5) is 0 Å². The highest BCUT2D eigenvalue weighted by atomic mass is 127. The largest absolute Gasteiger partial charge is 0.235 e. The van der Waals surface area contributed by atoms with Crippen LogP contribution < -0.4 is 0 Å². The van der Waals surface area contributed by atoms with Crippen LogP contribution in [-0.4, -0.2) is 22.2 Å². The Morgan fingerprint density at radius 2 is 2.00 bits per heavy atom. The van der Waals surface area contributed by atoms with E-state index in [0.717, 1.165) is 9.28 Å². The van der Waals surface area contributed by atoms with Crippen molar-refractivity contribution in [1.82, 2.24) is 9.97 Å². The van der Waals surface area contributed by atoms with Crippen LogP contribution in [0.3, 0.4) is 0 Å². The maximum Gasteiger partial charge on any atom is 0.179 e. The zero-order valence-corrected chi connectivity index (χ0v) is 9.21. The number of rotatable bonds is 1. The zero-order valence-electron chi connectivity index (χ0n) is 7.05. The number of hydrogen-bond acceptors (Lipinski definition) is 4. The van der Waals surface area contributed by atoms with Gasteiger partial charge in [-0.2, -0.15) is 4.99 Å². The molecule has 0 N–H and O–H groups in total. The maximum atomic E-state index is 4.14. The van der Waals surface area contributed by atoms with Crippen molar-refractivity contribution in [2.45, 2.75) is 0 Å². The molecule has 0 amide bonds. The van der Waals surface area contributed by atoms with E-state index in [9.17, 15) is 0 Å². The van der Waals surface area contributed by atoms with E-state index in [-0.39, 0.29) is 0 Å². The van der Waals surface area contributed by atoms with Gasteiger partial charge in [0.2, 0.25) is 0 Å². The van der Waals surface area contributed by atoms with E-state index in [1.54, 1.807) is 24.5 Å². The number of hydrogen-bond donors (Lipinski definition) is 0. The predicted octanol–water partition coefficient (Wildman–Crippen LogP) is 1.85. The number of halogens is 1. The summed E-state index contributed by atoms with van der Waals surface area (Å²) in [4.78, 5) is 16.2. The molecule has 0 aromatic carbocycles. The number of aliphatic imine (C=N–C) groups is 2. The molecule has 14 heavy (non-hydrogen) atoms. The molecule has 0 unspecified atom stereocenters. The van der Waals surface area contributed by atoms with Crippen LogP contribution in [0.1, 0.15) is 5.82 Å². The van der Waals surface area contributed by atoms with Gasteiger partial charge in [0.05, 0.1) is 3.58 Å². The second-order valence-corrected chi connectivity index (χ2v) is 3.58. The molecule has 1 aliphatic heterocycles. The standard InChI is InChI=1S/C9H5IN4/c10-7-2-5-11-6-14-8(7)9-12-3-1-4-13-9/h1-4,6H. The number of aromatic nitrogens is 2. The summed E-state index contributed by atoms with van der Waals surface area (Å²) in [7, 11) is 0. The van der Waals surface area contributed by atoms with E-state index in [4.69, 9.17) is 0 Å². The summed E-state index contributed by atoms with van der Waals surface area (Å²) in [5.41, 5.74) is 0.722. The molecule has 5 heteroatoms. The lowest BCUT2D eigenvalue weighted by molar-refractivity contribution is 1.11. The highest BCUT2D eigenvalue weighted by Gasteiger charge is 2.07. The average Bonchev–Trinajstić information content (AvgIpc) is 2.44. The first kappa shape index (κ1) is 9.23. The number of allylic oxidation sites excluding steroid dienone is 2. The second-order valence-electron chi connectivity index (χ2n) is 2.42. The smallest absolute Gasteiger partial charge is 0.179 e. The molecule has 0 saturated heterocycles. The summed E-state index contributed by atoms with van der Waals surface area (Å²) < 4.78 is 0.923. The van der Waals surface area contributed by atoms with Crippen molar-refractivity contribution in [2.75, 3.05) is 0 Å². The van der Waals surface area contributed by atoms with Crippen LogP contribution in [0.2, 0.25) is 0 Å². The Morgan fingerprint density at radius 1 is 1.21 bits per heavy atom. The highest BCUT2D eigenvalue weighted by molar-refractivity contribution is 14.1. The molecule has 0 bridgehead atoms. The summed E-state index contributed by atoms with van der Waals surface area (Å²) in [5, 5.41) is 0. The van der Waals surface area contributed by atoms with Gasteiger partial charge in [0.15, 0.2) is 5.82 Å². The molecule has 68 valence electrons. The molecule has 1 aromatic rings. The van der Waals surface area contributed by atoms with Crippen LogP contribution >= 0.6 is 22.6 Å². The van der Waals surface area contributed by atoms with E-state index in [1.165, 1.54) is 6.34 Å². The Bertz CT molecular complexity index is 455. The fourth-order valence-electron chi connectivity index (χ4n) is 0.930. The molecule has 0 spiro atoms. The Labute approximate surface area is 94.4 Å². The van der Waals surface area contributed by atoms with Crippen LogP contribution in [0.25, 0.3) is 5.70 Å². The van der Waals surface area contributed by atoms with E-state index in [2.05, 4.69) is 48.4 Å². The van der Waals surface area contributed by atoms with Gasteiger partial charge in [-0.3, -0.25) is 0 Å². The normalized spacial score (nSPS) is 14.6. The van der Waals surface area contributed by atoms with Gasteiger partial charge in [0, 0.05) is 18.5 Å². The Morgan fingerprint density at radius 3 is 2.79 bits per heavy atom. The minimum atomic E-state index is 0.600. The molecule has 1 aromatic heterocycles. The second kappa shape index (κ2) is 4.26. The monoisotopic (exact) mass is 296 g/mol. The minimum absolute atomic E-state index is 0.600. The third kappa shape index (κ3) is 1.94. The predicted molar refractivity (Wildman–Crippen MR) is 63.5 cm³/mol. The Balaban J connectivity index is 2.50. The fraction of sp³-hybridized carbons (Fsp3) is 0. The maximum absolute atomic E-state index is 4.14. The third-order valence-corrected chi connectivity index (χ3v) is 2.34. The van der Waals surface area contributed by atoms with Crippen LogP contribution in [-0.2, 0) is 0 Å². The lowest BCUT2D eigenvalue weighted by Crippen LogP contribution is -1.91. The van der Waals surface area contributed by atoms with Crippen molar-refractivity contribution in [3.8, 4) is 0 Å². The van der Waals surface area contributed by atoms with Gasteiger partial charge in [-0.25, -0.2) is 15.0 Å². The Kier molecular flexibility index (Phi) is 2.81. The first-order valence-electron chi connectivity index (χ1n) is 3.86. The van der Waals surface area contributed by atoms with Crippen LogP contribution in [0.15, 0.2) is 38.1 Å². The SMILES string of the molecule is IC1=C(c2ncccn2)N=CN=C=C1. The van der Waals surface area contributed by atoms with Gasteiger partial charge >= 0.3 is 0 Å². The first-order valence-corrected chi connectivity index (χ1v) is 4.94. The van der Waals surface area contributed by atoms with Crippen molar-refractivity contribution < 1.29 is 0 Å².